The number of hydrogen-bond acceptors (Lipinski definition) is 4. The van der Waals surface area contributed by atoms with Crippen molar-refractivity contribution in [3.63, 3.8) is 0 Å². The van der Waals surface area contributed by atoms with Crippen molar-refractivity contribution in [1.29, 1.82) is 0 Å². The van der Waals surface area contributed by atoms with E-state index in [1.165, 1.54) is 12.1 Å². The van der Waals surface area contributed by atoms with E-state index >= 15 is 0 Å². The van der Waals surface area contributed by atoms with Crippen molar-refractivity contribution in [2.45, 2.75) is 26.2 Å². The first-order chi connectivity index (χ1) is 11.7. The fraction of sp³-hybridized carbons (Fsp3) is 0.211. The Morgan fingerprint density at radius 2 is 1.64 bits per heavy atom. The van der Waals surface area contributed by atoms with Crippen molar-refractivity contribution in [1.82, 2.24) is 5.32 Å². The Bertz CT molecular complexity index is 808. The van der Waals surface area contributed by atoms with E-state index in [0.717, 1.165) is 5.56 Å². The molecule has 6 heteroatoms. The largest absolute Gasteiger partial charge is 0.545 e. The monoisotopic (exact) mass is 355 g/mol. The quantitative estimate of drug-likeness (QED) is 0.827. The zero-order valence-electron chi connectivity index (χ0n) is 14.3. The van der Waals surface area contributed by atoms with Gasteiger partial charge in [0, 0.05) is 11.3 Å². The van der Waals surface area contributed by atoms with Crippen LogP contribution < -0.4 is 15.7 Å². The van der Waals surface area contributed by atoms with E-state index in [0.29, 0.717) is 11.3 Å². The number of carbonyl (C=O) groups excluding carboxylic acids is 2. The fourth-order valence-electron chi connectivity index (χ4n) is 2.18. The molecule has 0 bridgehead atoms. The van der Waals surface area contributed by atoms with E-state index in [2.05, 4.69) is 31.4 Å². The first-order valence-electron chi connectivity index (χ1n) is 7.71. The third-order valence-corrected chi connectivity index (χ3v) is 3.80. The van der Waals surface area contributed by atoms with Crippen LogP contribution in [-0.4, -0.2) is 17.0 Å². The second kappa shape index (κ2) is 7.44. The molecule has 2 N–H and O–H groups in total. The molecule has 0 aliphatic rings. The van der Waals surface area contributed by atoms with E-state index in [1.807, 2.05) is 12.1 Å². The van der Waals surface area contributed by atoms with Gasteiger partial charge in [0.25, 0.3) is 5.91 Å². The number of rotatable bonds is 3. The molecule has 0 unspecified atom stereocenters. The molecule has 1 amide bonds. The van der Waals surface area contributed by atoms with Gasteiger partial charge in [0.2, 0.25) is 0 Å². The number of carboxylic acids is 1. The van der Waals surface area contributed by atoms with Crippen LogP contribution in [-0.2, 0) is 5.41 Å². The molecule has 25 heavy (non-hydrogen) atoms. The number of carbonyl (C=O) groups is 2. The third kappa shape index (κ3) is 5.12. The average molecular weight is 355 g/mol. The Balaban J connectivity index is 2.01. The normalized spacial score (nSPS) is 10.8. The number of aromatic carboxylic acids is 1. The highest BCUT2D eigenvalue weighted by Gasteiger charge is 2.14. The lowest BCUT2D eigenvalue weighted by molar-refractivity contribution is -0.255. The second-order valence-electron chi connectivity index (χ2n) is 6.60. The molecule has 2 aromatic rings. The van der Waals surface area contributed by atoms with Gasteiger partial charge in [-0.05, 0) is 53.0 Å². The maximum atomic E-state index is 12.2. The molecule has 5 nitrogen and oxygen atoms in total. The van der Waals surface area contributed by atoms with Gasteiger partial charge in [0.1, 0.15) is 0 Å². The van der Waals surface area contributed by atoms with Crippen molar-refractivity contribution in [2.24, 2.45) is 0 Å². The highest BCUT2D eigenvalue weighted by molar-refractivity contribution is 7.80. The number of hydrogen-bond donors (Lipinski definition) is 2. The molecule has 0 fully saturated rings. The van der Waals surface area contributed by atoms with Gasteiger partial charge in [-0.3, -0.25) is 10.1 Å². The maximum Gasteiger partial charge on any atom is 0.257 e. The predicted molar refractivity (Wildman–Crippen MR) is 99.6 cm³/mol. The fourth-order valence-corrected chi connectivity index (χ4v) is 2.39. The zero-order valence-corrected chi connectivity index (χ0v) is 15.1. The van der Waals surface area contributed by atoms with E-state index < -0.39 is 5.97 Å². The molecule has 0 aliphatic heterocycles. The molecule has 0 atom stereocenters. The van der Waals surface area contributed by atoms with Gasteiger partial charge in [-0.15, -0.1) is 0 Å². The van der Waals surface area contributed by atoms with Gasteiger partial charge in [-0.25, -0.2) is 0 Å². The molecule has 0 saturated heterocycles. The summed E-state index contributed by atoms with van der Waals surface area (Å²) in [6, 6.07) is 13.3. The highest BCUT2D eigenvalue weighted by Crippen LogP contribution is 2.22. The predicted octanol–water partition coefficient (Wildman–Crippen LogP) is 2.47. The van der Waals surface area contributed by atoms with E-state index in [9.17, 15) is 14.7 Å². The number of carboxylic acid groups (broad SMARTS) is 1. The molecule has 130 valence electrons. The van der Waals surface area contributed by atoms with Crippen LogP contribution in [0.3, 0.4) is 0 Å². The van der Waals surface area contributed by atoms with Gasteiger partial charge >= 0.3 is 0 Å². The van der Waals surface area contributed by atoms with Crippen LogP contribution in [0.1, 0.15) is 47.1 Å². The molecular weight excluding hydrogens is 336 g/mol. The minimum absolute atomic E-state index is 0.00980. The number of anilines is 1. The minimum atomic E-state index is -1.28. The topological polar surface area (TPSA) is 81.3 Å². The Hall–Kier alpha value is -2.73. The van der Waals surface area contributed by atoms with E-state index in [1.54, 1.807) is 24.3 Å². The summed E-state index contributed by atoms with van der Waals surface area (Å²) < 4.78 is 0. The number of benzene rings is 2. The van der Waals surface area contributed by atoms with Gasteiger partial charge in [-0.1, -0.05) is 45.0 Å². The average Bonchev–Trinajstić information content (AvgIpc) is 2.54. The molecular formula is C19H19N2O3S-. The van der Waals surface area contributed by atoms with Crippen LogP contribution in [0.5, 0.6) is 0 Å². The zero-order chi connectivity index (χ0) is 18.6. The first kappa shape index (κ1) is 18.6. The molecule has 0 spiro atoms. The highest BCUT2D eigenvalue weighted by atomic mass is 32.1. The molecule has 0 radical (unpaired) electrons. The Morgan fingerprint density at radius 1 is 1.00 bits per heavy atom. The SMILES string of the molecule is CC(C)(C)c1ccc(C(=O)NC(=S)Nc2cccc(C(=O)[O-])c2)cc1. The summed E-state index contributed by atoms with van der Waals surface area (Å²) in [6.45, 7) is 6.30. The summed E-state index contributed by atoms with van der Waals surface area (Å²) in [5, 5.41) is 16.3. The lowest BCUT2D eigenvalue weighted by Crippen LogP contribution is -2.34. The van der Waals surface area contributed by atoms with E-state index in [4.69, 9.17) is 12.2 Å². The molecule has 0 aliphatic carbocycles. The van der Waals surface area contributed by atoms with Crippen molar-refractivity contribution in [3.05, 3.63) is 65.2 Å². The van der Waals surface area contributed by atoms with Crippen LogP contribution in [0, 0.1) is 0 Å². The number of nitrogens with one attached hydrogen (secondary N) is 2. The molecule has 0 heterocycles. The lowest BCUT2D eigenvalue weighted by atomic mass is 9.87. The van der Waals surface area contributed by atoms with Gasteiger partial charge < -0.3 is 15.2 Å². The van der Waals surface area contributed by atoms with Crippen LogP contribution >= 0.6 is 12.2 Å². The van der Waals surface area contributed by atoms with Crippen LogP contribution in [0.15, 0.2) is 48.5 Å². The third-order valence-electron chi connectivity index (χ3n) is 3.60. The van der Waals surface area contributed by atoms with Crippen LogP contribution in [0.2, 0.25) is 0 Å². The van der Waals surface area contributed by atoms with Crippen molar-refractivity contribution in [3.8, 4) is 0 Å². The van der Waals surface area contributed by atoms with Gasteiger partial charge in [-0.2, -0.15) is 0 Å². The maximum absolute atomic E-state index is 12.2. The number of amides is 1. The first-order valence-corrected chi connectivity index (χ1v) is 8.12. The van der Waals surface area contributed by atoms with Crippen molar-refractivity contribution >= 4 is 34.9 Å². The molecule has 2 rings (SSSR count). The summed E-state index contributed by atoms with van der Waals surface area (Å²) in [7, 11) is 0. The van der Waals surface area contributed by atoms with Crippen molar-refractivity contribution < 1.29 is 14.7 Å². The second-order valence-corrected chi connectivity index (χ2v) is 7.01. The summed E-state index contributed by atoms with van der Waals surface area (Å²) in [4.78, 5) is 23.1. The van der Waals surface area contributed by atoms with Crippen LogP contribution in [0.25, 0.3) is 0 Å². The lowest BCUT2D eigenvalue weighted by Gasteiger charge is -2.19. The van der Waals surface area contributed by atoms with Crippen molar-refractivity contribution in [2.75, 3.05) is 5.32 Å². The number of thiocarbonyl (C=S) groups is 1. The Morgan fingerprint density at radius 3 is 2.20 bits per heavy atom. The van der Waals surface area contributed by atoms with E-state index in [-0.39, 0.29) is 22.0 Å². The summed E-state index contributed by atoms with van der Waals surface area (Å²) in [6.07, 6.45) is 0. The molecule has 0 aromatic heterocycles. The Labute approximate surface area is 152 Å². The Kier molecular flexibility index (Phi) is 5.54. The van der Waals surface area contributed by atoms with Crippen LogP contribution in [0.4, 0.5) is 5.69 Å². The summed E-state index contributed by atoms with van der Waals surface area (Å²) in [5.74, 6) is -1.62. The standard InChI is InChI=1S/C19H20N2O3S/c1-19(2,3)14-9-7-12(8-10-14)16(22)21-18(25)20-15-6-4-5-13(11-15)17(23)24/h4-11H,1-3H3,(H,23,24)(H2,20,21,22,25)/p-1. The molecule has 0 saturated carbocycles. The van der Waals surface area contributed by atoms with Gasteiger partial charge in [0.15, 0.2) is 5.11 Å². The summed E-state index contributed by atoms with van der Waals surface area (Å²) >= 11 is 5.10. The molecule has 2 aromatic carbocycles. The smallest absolute Gasteiger partial charge is 0.257 e. The minimum Gasteiger partial charge on any atom is -0.545 e. The summed E-state index contributed by atoms with van der Waals surface area (Å²) in [5.41, 5.74) is 2.10. The van der Waals surface area contributed by atoms with Gasteiger partial charge in [0.05, 0.1) is 5.97 Å².